The van der Waals surface area contributed by atoms with Gasteiger partial charge in [0.2, 0.25) is 11.7 Å². The SMILES string of the molecule is C=CCOC12Oc3ccc(Oc4ccc5ccccc5c4)cc3C3C(CCCCO)C(CCCCO)C=C(C(=NOC(C)(C)C)CC1N(CCC)C(=O)C=Cc1ccc([N+](=O)[O-])cc1)C32. The number of amides is 1. The van der Waals surface area contributed by atoms with Crippen LogP contribution in [-0.4, -0.2) is 75.5 Å². The third-order valence-corrected chi connectivity index (χ3v) is 12.7. The van der Waals surface area contributed by atoms with Crippen LogP contribution < -0.4 is 9.47 Å². The van der Waals surface area contributed by atoms with Crippen LogP contribution in [0.1, 0.15) is 96.1 Å². The van der Waals surface area contributed by atoms with Crippen molar-refractivity contribution in [2.24, 2.45) is 22.9 Å². The second kappa shape index (κ2) is 21.0. The highest BCUT2D eigenvalue weighted by Crippen LogP contribution is 2.62. The van der Waals surface area contributed by atoms with Crippen molar-refractivity contribution in [2.45, 2.75) is 102 Å². The van der Waals surface area contributed by atoms with Crippen LogP contribution in [0.2, 0.25) is 0 Å². The summed E-state index contributed by atoms with van der Waals surface area (Å²) in [5.74, 6) is -0.301. The molecule has 6 unspecified atom stereocenters. The van der Waals surface area contributed by atoms with Crippen LogP contribution in [0.25, 0.3) is 16.8 Å². The Balaban J connectivity index is 1.42. The molecule has 0 radical (unpaired) electrons. The third kappa shape index (κ3) is 10.7. The number of hydrogen-bond acceptors (Lipinski definition) is 10. The van der Waals surface area contributed by atoms with Gasteiger partial charge >= 0.3 is 0 Å². The van der Waals surface area contributed by atoms with E-state index in [1.54, 1.807) is 24.3 Å². The lowest BCUT2D eigenvalue weighted by molar-refractivity contribution is -0.384. The number of rotatable bonds is 20. The highest BCUT2D eigenvalue weighted by molar-refractivity contribution is 6.03. The first kappa shape index (κ1) is 47.2. The molecule has 1 saturated carbocycles. The molecule has 4 aromatic rings. The van der Waals surface area contributed by atoms with E-state index < -0.39 is 28.3 Å². The van der Waals surface area contributed by atoms with Gasteiger partial charge in [-0.25, -0.2) is 0 Å². The predicted molar refractivity (Wildman–Crippen MR) is 254 cm³/mol. The second-order valence-electron chi connectivity index (χ2n) is 18.3. The number of non-ortho nitro benzene ring substituents is 1. The minimum absolute atomic E-state index is 0.0350. The summed E-state index contributed by atoms with van der Waals surface area (Å²) < 4.78 is 21.2. The van der Waals surface area contributed by atoms with E-state index >= 15 is 0 Å². The average molecular weight is 886 g/mol. The van der Waals surface area contributed by atoms with Crippen molar-refractivity contribution in [1.82, 2.24) is 4.90 Å². The zero-order valence-electron chi connectivity index (χ0n) is 38.1. The van der Waals surface area contributed by atoms with E-state index in [4.69, 9.17) is 24.2 Å². The number of fused-ring (bicyclic) bond motifs is 3. The lowest BCUT2D eigenvalue weighted by atomic mass is 9.55. The molecule has 1 fully saturated rings. The minimum atomic E-state index is -1.42. The number of nitrogens with zero attached hydrogens (tertiary/aromatic N) is 3. The van der Waals surface area contributed by atoms with Crippen LogP contribution in [0.15, 0.2) is 120 Å². The van der Waals surface area contributed by atoms with Gasteiger partial charge in [0.25, 0.3) is 5.69 Å². The molecule has 6 atom stereocenters. The average Bonchev–Trinajstić information content (AvgIpc) is 3.29. The Morgan fingerprint density at radius 1 is 0.969 bits per heavy atom. The molecule has 2 N–H and O–H groups in total. The molecule has 0 aromatic heterocycles. The predicted octanol–water partition coefficient (Wildman–Crippen LogP) is 10.9. The van der Waals surface area contributed by atoms with Gasteiger partial charge < -0.3 is 34.2 Å². The number of carbonyl (C=O) groups is 1. The van der Waals surface area contributed by atoms with Crippen molar-refractivity contribution >= 4 is 34.2 Å². The van der Waals surface area contributed by atoms with E-state index in [2.05, 4.69) is 36.9 Å². The van der Waals surface area contributed by atoms with Crippen molar-refractivity contribution in [1.29, 1.82) is 0 Å². The fourth-order valence-corrected chi connectivity index (χ4v) is 9.90. The zero-order valence-corrected chi connectivity index (χ0v) is 38.1. The maximum Gasteiger partial charge on any atom is 0.269 e. The monoisotopic (exact) mass is 885 g/mol. The highest BCUT2D eigenvalue weighted by Gasteiger charge is 2.65. The van der Waals surface area contributed by atoms with Gasteiger partial charge in [0.15, 0.2) is 0 Å². The van der Waals surface area contributed by atoms with Gasteiger partial charge in [0.1, 0.15) is 28.9 Å². The first-order chi connectivity index (χ1) is 31.4. The fourth-order valence-electron chi connectivity index (χ4n) is 9.90. The molecule has 65 heavy (non-hydrogen) atoms. The summed E-state index contributed by atoms with van der Waals surface area (Å²) in [6, 6.07) is 25.6. The number of oxime groups is 1. The zero-order chi connectivity index (χ0) is 46.1. The van der Waals surface area contributed by atoms with Gasteiger partial charge in [0, 0.05) is 55.9 Å². The Morgan fingerprint density at radius 3 is 2.37 bits per heavy atom. The number of hydrogen-bond donors (Lipinski definition) is 2. The van der Waals surface area contributed by atoms with E-state index in [9.17, 15) is 25.1 Å². The van der Waals surface area contributed by atoms with Gasteiger partial charge in [-0.1, -0.05) is 67.4 Å². The number of aliphatic hydroxyl groups is 2. The summed E-state index contributed by atoms with van der Waals surface area (Å²) in [7, 11) is 0. The Morgan fingerprint density at radius 2 is 1.68 bits per heavy atom. The van der Waals surface area contributed by atoms with E-state index in [-0.39, 0.29) is 55.6 Å². The number of aliphatic hydroxyl groups excluding tert-OH is 2. The summed E-state index contributed by atoms with van der Waals surface area (Å²) in [6.07, 6.45) is 12.7. The van der Waals surface area contributed by atoms with E-state index in [0.29, 0.717) is 54.3 Å². The molecule has 12 nitrogen and oxygen atoms in total. The summed E-state index contributed by atoms with van der Waals surface area (Å²) in [6.45, 7) is 12.6. The molecular weight excluding hydrogens is 823 g/mol. The molecule has 2 aliphatic carbocycles. The number of benzene rings is 4. The molecule has 344 valence electrons. The van der Waals surface area contributed by atoms with Crippen LogP contribution in [0, 0.1) is 27.9 Å². The number of carbonyl (C=O) groups excluding carboxylic acids is 1. The van der Waals surface area contributed by atoms with Gasteiger partial charge in [0.05, 0.1) is 23.2 Å². The summed E-state index contributed by atoms with van der Waals surface area (Å²) in [5.41, 5.74) is 2.61. The summed E-state index contributed by atoms with van der Waals surface area (Å²) in [4.78, 5) is 33.8. The molecule has 4 aromatic carbocycles. The molecule has 7 rings (SSSR count). The molecule has 1 aliphatic heterocycles. The Labute approximate surface area is 382 Å². The van der Waals surface area contributed by atoms with Crippen LogP contribution in [0.5, 0.6) is 17.2 Å². The lowest BCUT2D eigenvalue weighted by Gasteiger charge is -2.60. The highest BCUT2D eigenvalue weighted by atomic mass is 16.7. The van der Waals surface area contributed by atoms with E-state index in [1.165, 1.54) is 18.2 Å². The van der Waals surface area contributed by atoms with Crippen molar-refractivity contribution in [3.05, 3.63) is 137 Å². The van der Waals surface area contributed by atoms with Gasteiger partial charge in [-0.15, -0.1) is 6.58 Å². The molecular formula is C53H63N3O9. The van der Waals surface area contributed by atoms with Crippen LogP contribution in [-0.2, 0) is 14.4 Å². The number of allylic oxidation sites excluding steroid dienone is 1. The van der Waals surface area contributed by atoms with Crippen molar-refractivity contribution in [3.63, 3.8) is 0 Å². The molecule has 12 heteroatoms. The molecule has 3 aliphatic rings. The molecule has 0 saturated heterocycles. The number of nitro groups is 1. The Kier molecular flexibility index (Phi) is 15.2. The largest absolute Gasteiger partial charge is 0.459 e. The van der Waals surface area contributed by atoms with Crippen LogP contribution >= 0.6 is 0 Å². The normalized spacial score (nSPS) is 23.0. The number of unbranched alkanes of at least 4 members (excludes halogenated alkanes) is 2. The summed E-state index contributed by atoms with van der Waals surface area (Å²) >= 11 is 0. The van der Waals surface area contributed by atoms with Gasteiger partial charge in [-0.05, 0) is 135 Å². The first-order valence-electron chi connectivity index (χ1n) is 23.1. The topological polar surface area (TPSA) is 153 Å². The lowest BCUT2D eigenvalue weighted by Crippen LogP contribution is -2.70. The van der Waals surface area contributed by atoms with Gasteiger partial charge in [-0.3, -0.25) is 14.9 Å². The Bertz CT molecular complexity index is 2400. The first-order valence-corrected chi connectivity index (χ1v) is 23.1. The minimum Gasteiger partial charge on any atom is -0.459 e. The van der Waals surface area contributed by atoms with Gasteiger partial charge in [-0.2, -0.15) is 0 Å². The molecule has 1 amide bonds. The van der Waals surface area contributed by atoms with Crippen molar-refractivity contribution < 1.29 is 39.0 Å². The van der Waals surface area contributed by atoms with Crippen LogP contribution in [0.4, 0.5) is 5.69 Å². The Hall–Kier alpha value is -5.82. The number of ether oxygens (including phenoxy) is 3. The standard InChI is InChI=1S/C53H63N3O9/c1-6-28-55(49(59)27-20-36-18-22-40(23-19-36)56(60)61)48-35-46(54-65-52(3,4)5)44-33-39(16-10-12-29-57)43(17-11-13-30-58)50-45-34-42(63-41-24-21-37-14-8-9-15-38(37)32-41)25-26-47(45)64-53(48,51(44)50)62-31-7-2/h7-9,14-15,18-27,32-34,39,43,48,50-51,57-58H,2,6,10-13,16-17,28-31,35H2,1,3-5H3. The van der Waals surface area contributed by atoms with Crippen molar-refractivity contribution in [3.8, 4) is 17.2 Å². The molecule has 0 spiro atoms. The second-order valence-corrected chi connectivity index (χ2v) is 18.3. The quantitative estimate of drug-likeness (QED) is 0.0290. The number of nitro benzene ring substituents is 1. The molecule has 1 heterocycles. The summed E-state index contributed by atoms with van der Waals surface area (Å²) in [5, 5.41) is 38.4. The third-order valence-electron chi connectivity index (χ3n) is 12.7. The maximum atomic E-state index is 14.8. The van der Waals surface area contributed by atoms with Crippen molar-refractivity contribution in [2.75, 3.05) is 26.4 Å². The maximum absolute atomic E-state index is 14.8. The smallest absolute Gasteiger partial charge is 0.269 e. The fraction of sp³-hybridized carbons (Fsp3) is 0.434. The van der Waals surface area contributed by atoms with E-state index in [0.717, 1.165) is 47.6 Å². The van der Waals surface area contributed by atoms with Crippen LogP contribution in [0.3, 0.4) is 0 Å². The molecule has 0 bridgehead atoms. The van der Waals surface area contributed by atoms with E-state index in [1.807, 2.05) is 69.0 Å².